The highest BCUT2D eigenvalue weighted by Gasteiger charge is 1.78. The average molecular weight is 113 g/mol. The van der Waals surface area contributed by atoms with Gasteiger partial charge in [0.15, 0.2) is 0 Å². The number of carbonyl (C=O) groups excluding carboxylic acids is 2. The van der Waals surface area contributed by atoms with Crippen LogP contribution in [0.4, 0.5) is 0 Å². The fraction of sp³-hybridized carbons (Fsp3) is 0.200. The lowest BCUT2D eigenvalue weighted by atomic mass is 10.4. The Labute approximate surface area is 47.2 Å². The van der Waals surface area contributed by atoms with Crippen molar-refractivity contribution in [1.29, 1.82) is 0 Å². The first-order chi connectivity index (χ1) is 3.77. The molecule has 0 saturated carbocycles. The van der Waals surface area contributed by atoms with Crippen LogP contribution in [0.15, 0.2) is 12.2 Å². The number of rotatable bonds is 3. The third-order valence-corrected chi connectivity index (χ3v) is 0.514. The van der Waals surface area contributed by atoms with E-state index in [1.54, 1.807) is 0 Å². The molecule has 44 valence electrons. The van der Waals surface area contributed by atoms with Crippen LogP contribution in [0.5, 0.6) is 0 Å². The van der Waals surface area contributed by atoms with Crippen molar-refractivity contribution in [2.24, 2.45) is 5.73 Å². The number of nitrogens with two attached hydrogens (primary N) is 1. The zero-order valence-electron chi connectivity index (χ0n) is 4.33. The predicted octanol–water partition coefficient (Wildman–Crippen LogP) is -0.383. The van der Waals surface area contributed by atoms with E-state index in [9.17, 15) is 9.59 Å². The molecule has 1 amide bonds. The van der Waals surface area contributed by atoms with Crippen LogP contribution in [0.1, 0.15) is 6.42 Å². The summed E-state index contributed by atoms with van der Waals surface area (Å²) < 4.78 is 0. The Kier molecular flexibility index (Phi) is 3.48. The Hall–Kier alpha value is -1.12. The number of aldehydes is 1. The number of primary amides is 1. The Balaban J connectivity index is 3.34. The van der Waals surface area contributed by atoms with Crippen molar-refractivity contribution in [1.82, 2.24) is 0 Å². The van der Waals surface area contributed by atoms with Crippen molar-refractivity contribution in [2.75, 3.05) is 0 Å². The van der Waals surface area contributed by atoms with Crippen LogP contribution in [-0.4, -0.2) is 12.2 Å². The number of amides is 1. The fourth-order valence-electron chi connectivity index (χ4n) is 0.240. The molecule has 0 aliphatic heterocycles. The number of carbonyl (C=O) groups is 2. The molecule has 0 spiro atoms. The van der Waals surface area contributed by atoms with E-state index in [1.807, 2.05) is 0 Å². The van der Waals surface area contributed by atoms with Gasteiger partial charge in [-0.3, -0.25) is 4.79 Å². The number of allylic oxidation sites excluding steroid dienone is 1. The summed E-state index contributed by atoms with van der Waals surface area (Å²) in [5.41, 5.74) is 4.69. The summed E-state index contributed by atoms with van der Waals surface area (Å²) in [5, 5.41) is 0. The molecule has 3 heteroatoms. The van der Waals surface area contributed by atoms with Gasteiger partial charge in [-0.1, -0.05) is 6.08 Å². The zero-order valence-corrected chi connectivity index (χ0v) is 4.33. The van der Waals surface area contributed by atoms with Crippen LogP contribution in [0.25, 0.3) is 0 Å². The normalized spacial score (nSPS) is 9.50. The number of hydrogen-bond donors (Lipinski definition) is 1. The lowest BCUT2D eigenvalue weighted by molar-refractivity contribution is -0.113. The van der Waals surface area contributed by atoms with Gasteiger partial charge in [-0.25, -0.2) is 0 Å². The fourth-order valence-corrected chi connectivity index (χ4v) is 0.240. The summed E-state index contributed by atoms with van der Waals surface area (Å²) in [6.45, 7) is 0. The first-order valence-corrected chi connectivity index (χ1v) is 2.17. The van der Waals surface area contributed by atoms with E-state index in [1.165, 1.54) is 6.08 Å². The van der Waals surface area contributed by atoms with Crippen LogP contribution in [0, 0.1) is 0 Å². The molecule has 0 aliphatic rings. The van der Waals surface area contributed by atoms with Gasteiger partial charge < -0.3 is 10.5 Å². The third-order valence-electron chi connectivity index (χ3n) is 0.514. The van der Waals surface area contributed by atoms with E-state index in [0.29, 0.717) is 6.29 Å². The second-order valence-electron chi connectivity index (χ2n) is 1.21. The zero-order chi connectivity index (χ0) is 6.41. The monoisotopic (exact) mass is 113 g/mol. The second kappa shape index (κ2) is 4.05. The van der Waals surface area contributed by atoms with Crippen molar-refractivity contribution < 1.29 is 9.59 Å². The van der Waals surface area contributed by atoms with Crippen molar-refractivity contribution >= 4 is 12.2 Å². The molecule has 0 fully saturated rings. The van der Waals surface area contributed by atoms with Gasteiger partial charge in [0.25, 0.3) is 0 Å². The van der Waals surface area contributed by atoms with Crippen LogP contribution < -0.4 is 5.73 Å². The molecule has 2 N–H and O–H groups in total. The van der Waals surface area contributed by atoms with E-state index >= 15 is 0 Å². The molecule has 3 nitrogen and oxygen atoms in total. The molecule has 0 unspecified atom stereocenters. The molecular weight excluding hydrogens is 106 g/mol. The summed E-state index contributed by atoms with van der Waals surface area (Å²) in [4.78, 5) is 19.5. The standard InChI is InChI=1S/C5H7NO2/c6-5(8)3-1-2-4-7/h1,3-4H,2H2,(H2,6,8)/b3-1-. The summed E-state index contributed by atoms with van der Waals surface area (Å²) in [6, 6.07) is 0. The SMILES string of the molecule is NC(=O)/C=C\CC=O. The third kappa shape index (κ3) is 4.88. The molecule has 8 heavy (non-hydrogen) atoms. The van der Waals surface area contributed by atoms with Gasteiger partial charge in [0.1, 0.15) is 6.29 Å². The minimum atomic E-state index is -0.521. The van der Waals surface area contributed by atoms with Gasteiger partial charge in [0.2, 0.25) is 5.91 Å². The van der Waals surface area contributed by atoms with Crippen molar-refractivity contribution in [3.05, 3.63) is 12.2 Å². The Morgan fingerprint density at radius 3 is 2.62 bits per heavy atom. The van der Waals surface area contributed by atoms with Crippen LogP contribution in [0.2, 0.25) is 0 Å². The first-order valence-electron chi connectivity index (χ1n) is 2.17. The minimum absolute atomic E-state index is 0.253. The van der Waals surface area contributed by atoms with Crippen LogP contribution in [-0.2, 0) is 9.59 Å². The molecule has 0 aromatic rings. The highest BCUT2D eigenvalue weighted by Crippen LogP contribution is 1.73. The number of hydrogen-bond acceptors (Lipinski definition) is 2. The topological polar surface area (TPSA) is 60.2 Å². The molecule has 0 rings (SSSR count). The maximum absolute atomic E-state index is 9.89. The predicted molar refractivity (Wildman–Crippen MR) is 29.0 cm³/mol. The first kappa shape index (κ1) is 6.88. The summed E-state index contributed by atoms with van der Waals surface area (Å²) in [7, 11) is 0. The molecular formula is C5H7NO2. The lowest BCUT2D eigenvalue weighted by Gasteiger charge is -1.74. The van der Waals surface area contributed by atoms with E-state index in [2.05, 4.69) is 0 Å². The molecule has 0 atom stereocenters. The van der Waals surface area contributed by atoms with E-state index in [-0.39, 0.29) is 6.42 Å². The summed E-state index contributed by atoms with van der Waals surface area (Å²) >= 11 is 0. The molecule has 0 aromatic carbocycles. The van der Waals surface area contributed by atoms with Gasteiger partial charge in [-0.2, -0.15) is 0 Å². The quantitative estimate of drug-likeness (QED) is 0.400. The Morgan fingerprint density at radius 1 is 1.62 bits per heavy atom. The van der Waals surface area contributed by atoms with Gasteiger partial charge in [-0.15, -0.1) is 0 Å². The Bertz CT molecular complexity index is 118. The summed E-state index contributed by atoms with van der Waals surface area (Å²) in [6.07, 6.45) is 3.52. The summed E-state index contributed by atoms with van der Waals surface area (Å²) in [5.74, 6) is -0.521. The van der Waals surface area contributed by atoms with E-state index < -0.39 is 5.91 Å². The lowest BCUT2D eigenvalue weighted by Crippen LogP contribution is -2.05. The van der Waals surface area contributed by atoms with Crippen LogP contribution in [0.3, 0.4) is 0 Å². The maximum Gasteiger partial charge on any atom is 0.241 e. The van der Waals surface area contributed by atoms with Gasteiger partial charge in [0, 0.05) is 6.42 Å². The maximum atomic E-state index is 9.89. The second-order valence-corrected chi connectivity index (χ2v) is 1.21. The van der Waals surface area contributed by atoms with E-state index in [0.717, 1.165) is 6.08 Å². The van der Waals surface area contributed by atoms with E-state index in [4.69, 9.17) is 5.73 Å². The van der Waals surface area contributed by atoms with Crippen molar-refractivity contribution in [3.63, 3.8) is 0 Å². The Morgan fingerprint density at radius 2 is 2.25 bits per heavy atom. The molecule has 0 radical (unpaired) electrons. The molecule has 0 bridgehead atoms. The van der Waals surface area contributed by atoms with Crippen LogP contribution >= 0.6 is 0 Å². The van der Waals surface area contributed by atoms with Gasteiger partial charge in [-0.05, 0) is 6.08 Å². The molecule has 0 saturated heterocycles. The highest BCUT2D eigenvalue weighted by atomic mass is 16.1. The smallest absolute Gasteiger partial charge is 0.241 e. The van der Waals surface area contributed by atoms with Gasteiger partial charge >= 0.3 is 0 Å². The average Bonchev–Trinajstić information content (AvgIpc) is 1.66. The largest absolute Gasteiger partial charge is 0.366 e. The van der Waals surface area contributed by atoms with Gasteiger partial charge in [0.05, 0.1) is 0 Å². The highest BCUT2D eigenvalue weighted by molar-refractivity contribution is 5.86. The molecule has 0 aliphatic carbocycles. The molecule has 0 heterocycles. The van der Waals surface area contributed by atoms with Crippen molar-refractivity contribution in [2.45, 2.75) is 6.42 Å². The molecule has 0 aromatic heterocycles. The van der Waals surface area contributed by atoms with Crippen molar-refractivity contribution in [3.8, 4) is 0 Å². The minimum Gasteiger partial charge on any atom is -0.366 e.